The van der Waals surface area contributed by atoms with Crippen LogP contribution in [0.4, 0.5) is 0 Å². The normalized spacial score (nSPS) is 20.6. The number of aromatic nitrogens is 1. The summed E-state index contributed by atoms with van der Waals surface area (Å²) < 4.78 is 5.46. The fourth-order valence-corrected chi connectivity index (χ4v) is 2.45. The van der Waals surface area contributed by atoms with Crippen molar-refractivity contribution >= 4 is 0 Å². The molecule has 1 fully saturated rings. The number of hydrogen-bond donors (Lipinski definition) is 1. The van der Waals surface area contributed by atoms with Gasteiger partial charge in [0.15, 0.2) is 5.76 Å². The van der Waals surface area contributed by atoms with Gasteiger partial charge in [-0.2, -0.15) is 0 Å². The van der Waals surface area contributed by atoms with Gasteiger partial charge in [-0.05, 0) is 6.92 Å². The van der Waals surface area contributed by atoms with E-state index >= 15 is 0 Å². The standard InChI is InChI=1S/C15H19N3O/c1-12-10-16-7-8-18(12)11-14-9-15(17-19-14)13-5-3-2-4-6-13/h2-6,9,12,16H,7-8,10-11H2,1H3/t12-/m0/s1. The van der Waals surface area contributed by atoms with Crippen molar-refractivity contribution < 1.29 is 4.52 Å². The number of hydrogen-bond acceptors (Lipinski definition) is 4. The molecule has 19 heavy (non-hydrogen) atoms. The molecule has 3 rings (SSSR count). The largest absolute Gasteiger partial charge is 0.359 e. The molecule has 1 N–H and O–H groups in total. The Morgan fingerprint density at radius 2 is 2.21 bits per heavy atom. The lowest BCUT2D eigenvalue weighted by atomic mass is 10.1. The summed E-state index contributed by atoms with van der Waals surface area (Å²) in [5, 5.41) is 7.55. The Labute approximate surface area is 113 Å². The van der Waals surface area contributed by atoms with E-state index in [1.807, 2.05) is 24.3 Å². The lowest BCUT2D eigenvalue weighted by molar-refractivity contribution is 0.149. The third kappa shape index (κ3) is 2.85. The highest BCUT2D eigenvalue weighted by Gasteiger charge is 2.19. The summed E-state index contributed by atoms with van der Waals surface area (Å²) in [5.41, 5.74) is 2.02. The summed E-state index contributed by atoms with van der Waals surface area (Å²) in [6.45, 7) is 6.22. The van der Waals surface area contributed by atoms with Gasteiger partial charge in [0.05, 0.1) is 6.54 Å². The first-order valence-electron chi connectivity index (χ1n) is 6.79. The third-order valence-corrected chi connectivity index (χ3v) is 3.63. The molecule has 100 valence electrons. The van der Waals surface area contributed by atoms with Gasteiger partial charge in [-0.3, -0.25) is 4.90 Å². The highest BCUT2D eigenvalue weighted by atomic mass is 16.5. The lowest BCUT2D eigenvalue weighted by Crippen LogP contribution is -2.49. The molecular weight excluding hydrogens is 238 g/mol. The molecule has 0 radical (unpaired) electrons. The minimum absolute atomic E-state index is 0.541. The van der Waals surface area contributed by atoms with E-state index in [9.17, 15) is 0 Å². The Hall–Kier alpha value is -1.65. The first-order chi connectivity index (χ1) is 9.33. The molecule has 2 heterocycles. The summed E-state index contributed by atoms with van der Waals surface area (Å²) in [6, 6.07) is 12.7. The monoisotopic (exact) mass is 257 g/mol. The summed E-state index contributed by atoms with van der Waals surface area (Å²) in [5.74, 6) is 0.938. The van der Waals surface area contributed by atoms with Crippen LogP contribution in [-0.2, 0) is 6.54 Å². The third-order valence-electron chi connectivity index (χ3n) is 3.63. The van der Waals surface area contributed by atoms with Gasteiger partial charge in [-0.1, -0.05) is 35.5 Å². The molecule has 1 aliphatic rings. The molecule has 4 heteroatoms. The zero-order chi connectivity index (χ0) is 13.1. The van der Waals surface area contributed by atoms with Crippen LogP contribution in [-0.4, -0.2) is 35.7 Å². The molecule has 0 saturated carbocycles. The van der Waals surface area contributed by atoms with Gasteiger partial charge in [-0.25, -0.2) is 0 Å². The van der Waals surface area contributed by atoms with Crippen LogP contribution < -0.4 is 5.32 Å². The van der Waals surface area contributed by atoms with Crippen LogP contribution in [0.15, 0.2) is 40.9 Å². The second-order valence-corrected chi connectivity index (χ2v) is 5.07. The number of piperazine rings is 1. The topological polar surface area (TPSA) is 41.3 Å². The van der Waals surface area contributed by atoms with Gasteiger partial charge in [0.1, 0.15) is 5.69 Å². The minimum Gasteiger partial charge on any atom is -0.359 e. The Morgan fingerprint density at radius 1 is 1.37 bits per heavy atom. The molecule has 0 spiro atoms. The Balaban J connectivity index is 1.71. The van der Waals surface area contributed by atoms with Gasteiger partial charge in [-0.15, -0.1) is 0 Å². The zero-order valence-corrected chi connectivity index (χ0v) is 11.2. The number of rotatable bonds is 3. The van der Waals surface area contributed by atoms with Gasteiger partial charge in [0.25, 0.3) is 0 Å². The molecular formula is C15H19N3O. The Morgan fingerprint density at radius 3 is 3.00 bits per heavy atom. The van der Waals surface area contributed by atoms with Crippen LogP contribution in [0.3, 0.4) is 0 Å². The minimum atomic E-state index is 0.541. The highest BCUT2D eigenvalue weighted by molar-refractivity contribution is 5.58. The smallest absolute Gasteiger partial charge is 0.151 e. The van der Waals surface area contributed by atoms with E-state index < -0.39 is 0 Å². The molecule has 4 nitrogen and oxygen atoms in total. The van der Waals surface area contributed by atoms with Crippen molar-refractivity contribution in [1.29, 1.82) is 0 Å². The maximum absolute atomic E-state index is 5.46. The van der Waals surface area contributed by atoms with Crippen LogP contribution in [0.2, 0.25) is 0 Å². The van der Waals surface area contributed by atoms with Gasteiger partial charge < -0.3 is 9.84 Å². The van der Waals surface area contributed by atoms with E-state index in [1.54, 1.807) is 0 Å². The van der Waals surface area contributed by atoms with E-state index in [0.717, 1.165) is 43.2 Å². The molecule has 0 bridgehead atoms. The molecule has 1 atom stereocenters. The average Bonchev–Trinajstić information content (AvgIpc) is 2.91. The van der Waals surface area contributed by atoms with E-state index in [1.165, 1.54) is 0 Å². The molecule has 1 aromatic heterocycles. The zero-order valence-electron chi connectivity index (χ0n) is 11.2. The summed E-state index contributed by atoms with van der Waals surface area (Å²) in [6.07, 6.45) is 0. The first-order valence-corrected chi connectivity index (χ1v) is 6.79. The molecule has 0 amide bonds. The lowest BCUT2D eigenvalue weighted by Gasteiger charge is -2.32. The molecule has 2 aromatic rings. The van der Waals surface area contributed by atoms with E-state index in [-0.39, 0.29) is 0 Å². The van der Waals surface area contributed by atoms with Crippen LogP contribution in [0.25, 0.3) is 11.3 Å². The Bertz CT molecular complexity index is 523. The molecule has 1 saturated heterocycles. The second-order valence-electron chi connectivity index (χ2n) is 5.07. The second kappa shape index (κ2) is 5.55. The van der Waals surface area contributed by atoms with Crippen LogP contribution in [0, 0.1) is 0 Å². The van der Waals surface area contributed by atoms with Crippen molar-refractivity contribution in [3.8, 4) is 11.3 Å². The van der Waals surface area contributed by atoms with Crippen LogP contribution in [0.5, 0.6) is 0 Å². The number of nitrogens with one attached hydrogen (secondary N) is 1. The highest BCUT2D eigenvalue weighted by Crippen LogP contribution is 2.20. The van der Waals surface area contributed by atoms with Crippen LogP contribution in [0.1, 0.15) is 12.7 Å². The van der Waals surface area contributed by atoms with Crippen molar-refractivity contribution in [2.75, 3.05) is 19.6 Å². The van der Waals surface area contributed by atoms with Crippen molar-refractivity contribution in [3.05, 3.63) is 42.2 Å². The fraction of sp³-hybridized carbons (Fsp3) is 0.400. The fourth-order valence-electron chi connectivity index (χ4n) is 2.45. The van der Waals surface area contributed by atoms with Crippen molar-refractivity contribution in [3.63, 3.8) is 0 Å². The number of benzene rings is 1. The quantitative estimate of drug-likeness (QED) is 0.914. The maximum Gasteiger partial charge on any atom is 0.151 e. The van der Waals surface area contributed by atoms with Gasteiger partial charge in [0, 0.05) is 37.3 Å². The predicted molar refractivity (Wildman–Crippen MR) is 74.7 cm³/mol. The maximum atomic E-state index is 5.46. The SMILES string of the molecule is C[C@H]1CNCCN1Cc1cc(-c2ccccc2)no1. The molecule has 1 aliphatic heterocycles. The first kappa shape index (κ1) is 12.4. The van der Waals surface area contributed by atoms with E-state index in [0.29, 0.717) is 6.04 Å². The molecule has 0 aliphatic carbocycles. The summed E-state index contributed by atoms with van der Waals surface area (Å²) >= 11 is 0. The van der Waals surface area contributed by atoms with Crippen molar-refractivity contribution in [2.45, 2.75) is 19.5 Å². The van der Waals surface area contributed by atoms with Crippen LogP contribution >= 0.6 is 0 Å². The van der Waals surface area contributed by atoms with Gasteiger partial charge >= 0.3 is 0 Å². The average molecular weight is 257 g/mol. The van der Waals surface area contributed by atoms with Gasteiger partial charge in [0.2, 0.25) is 0 Å². The molecule has 1 aromatic carbocycles. The summed E-state index contributed by atoms with van der Waals surface area (Å²) in [7, 11) is 0. The number of nitrogens with zero attached hydrogens (tertiary/aromatic N) is 2. The van der Waals surface area contributed by atoms with Crippen molar-refractivity contribution in [2.24, 2.45) is 0 Å². The summed E-state index contributed by atoms with van der Waals surface area (Å²) in [4.78, 5) is 2.42. The van der Waals surface area contributed by atoms with E-state index in [2.05, 4.69) is 34.4 Å². The Kier molecular flexibility index (Phi) is 3.62. The van der Waals surface area contributed by atoms with E-state index in [4.69, 9.17) is 4.52 Å². The van der Waals surface area contributed by atoms with Crippen molar-refractivity contribution in [1.82, 2.24) is 15.4 Å². The predicted octanol–water partition coefficient (Wildman–Crippen LogP) is 2.14. The molecule has 0 unspecified atom stereocenters.